The molecule has 0 aliphatic carbocycles. The summed E-state index contributed by atoms with van der Waals surface area (Å²) in [5.41, 5.74) is 7.20. The molecule has 0 aromatic heterocycles. The smallest absolute Gasteiger partial charge is 0.320 e. The van der Waals surface area contributed by atoms with Crippen LogP contribution in [-0.2, 0) is 4.79 Å². The van der Waals surface area contributed by atoms with Crippen LogP contribution in [0.25, 0.3) is 0 Å². The molecule has 0 radical (unpaired) electrons. The topological polar surface area (TPSA) is 95.6 Å². The minimum atomic E-state index is -0.970. The molecule has 0 amide bonds. The van der Waals surface area contributed by atoms with Gasteiger partial charge in [0.05, 0.1) is 0 Å². The number of rotatable bonds is 6. The molecule has 0 aromatic rings. The van der Waals surface area contributed by atoms with E-state index >= 15 is 0 Å². The molecule has 0 aromatic carbocycles. The summed E-state index contributed by atoms with van der Waals surface area (Å²) in [5.74, 6) is -0.970. The van der Waals surface area contributed by atoms with Gasteiger partial charge in [-0.3, -0.25) is 4.79 Å². The molecule has 5 heteroatoms. The molecule has 0 aliphatic rings. The number of hydroxylamine groups is 1. The van der Waals surface area contributed by atoms with Gasteiger partial charge in [-0.25, -0.2) is 5.48 Å². The first kappa shape index (κ1) is 10.3. The maximum Gasteiger partial charge on any atom is 0.320 e. The van der Waals surface area contributed by atoms with E-state index in [1.807, 2.05) is 5.48 Å². The van der Waals surface area contributed by atoms with Gasteiger partial charge in [-0.1, -0.05) is 0 Å². The Morgan fingerprint density at radius 3 is 2.64 bits per heavy atom. The molecule has 5 nitrogen and oxygen atoms in total. The number of aliphatic carboxylic acids is 1. The average molecular weight is 162 g/mol. The second-order valence-corrected chi connectivity index (χ2v) is 2.35. The van der Waals surface area contributed by atoms with Crippen LogP contribution in [0.4, 0.5) is 0 Å². The van der Waals surface area contributed by atoms with E-state index in [0.717, 1.165) is 6.42 Å². The Bertz CT molecular complexity index is 118. The van der Waals surface area contributed by atoms with Crippen molar-refractivity contribution in [3.8, 4) is 0 Å². The van der Waals surface area contributed by atoms with Gasteiger partial charge in [0.25, 0.3) is 0 Å². The van der Waals surface area contributed by atoms with Crippen molar-refractivity contribution in [2.24, 2.45) is 5.73 Å². The molecular weight excluding hydrogens is 148 g/mol. The fourth-order valence-corrected chi connectivity index (χ4v) is 0.692. The van der Waals surface area contributed by atoms with E-state index < -0.39 is 12.0 Å². The minimum Gasteiger partial charge on any atom is -0.480 e. The van der Waals surface area contributed by atoms with E-state index in [1.165, 1.54) is 0 Å². The van der Waals surface area contributed by atoms with E-state index in [-0.39, 0.29) is 0 Å². The van der Waals surface area contributed by atoms with Crippen molar-refractivity contribution in [1.82, 2.24) is 5.48 Å². The van der Waals surface area contributed by atoms with E-state index in [4.69, 9.17) is 16.0 Å². The molecule has 0 saturated heterocycles. The molecule has 0 rings (SSSR count). The Morgan fingerprint density at radius 2 is 2.18 bits per heavy atom. The van der Waals surface area contributed by atoms with Crippen LogP contribution in [0.3, 0.4) is 0 Å². The summed E-state index contributed by atoms with van der Waals surface area (Å²) in [6.07, 6.45) is 1.90. The number of hydrogen-bond acceptors (Lipinski definition) is 4. The predicted molar refractivity (Wildman–Crippen MR) is 39.3 cm³/mol. The summed E-state index contributed by atoms with van der Waals surface area (Å²) < 4.78 is 0. The molecule has 0 aliphatic heterocycles. The summed E-state index contributed by atoms with van der Waals surface area (Å²) >= 11 is 0. The van der Waals surface area contributed by atoms with Crippen LogP contribution in [0, 0.1) is 0 Å². The predicted octanol–water partition coefficient (Wildman–Crippen LogP) is -0.453. The lowest BCUT2D eigenvalue weighted by Crippen LogP contribution is -2.29. The number of hydrogen-bond donors (Lipinski definition) is 4. The zero-order chi connectivity index (χ0) is 8.69. The van der Waals surface area contributed by atoms with Crippen LogP contribution >= 0.6 is 0 Å². The third-order valence-corrected chi connectivity index (χ3v) is 1.37. The SMILES string of the molecule is N[C@@H](CCCCNO)C(=O)O. The van der Waals surface area contributed by atoms with Gasteiger partial charge in [0.15, 0.2) is 0 Å². The number of carboxylic acid groups (broad SMARTS) is 1. The third-order valence-electron chi connectivity index (χ3n) is 1.37. The van der Waals surface area contributed by atoms with Crippen molar-refractivity contribution < 1.29 is 15.1 Å². The van der Waals surface area contributed by atoms with Crippen molar-refractivity contribution in [1.29, 1.82) is 0 Å². The van der Waals surface area contributed by atoms with Gasteiger partial charge in [-0.05, 0) is 19.3 Å². The molecule has 0 fully saturated rings. The molecule has 0 unspecified atom stereocenters. The van der Waals surface area contributed by atoms with Crippen LogP contribution in [0.1, 0.15) is 19.3 Å². The highest BCUT2D eigenvalue weighted by atomic mass is 16.5. The Balaban J connectivity index is 3.17. The standard InChI is InChI=1S/C6H14N2O3/c7-5(6(9)10)3-1-2-4-8-11/h5,8,11H,1-4,7H2,(H,9,10)/t5-/m0/s1. The highest BCUT2D eigenvalue weighted by Crippen LogP contribution is 1.97. The second kappa shape index (κ2) is 6.09. The van der Waals surface area contributed by atoms with Crippen molar-refractivity contribution in [3.63, 3.8) is 0 Å². The maximum absolute atomic E-state index is 10.2. The highest BCUT2D eigenvalue weighted by molar-refractivity contribution is 5.72. The van der Waals surface area contributed by atoms with Crippen LogP contribution in [0.5, 0.6) is 0 Å². The average Bonchev–Trinajstić information content (AvgIpc) is 1.97. The lowest BCUT2D eigenvalue weighted by molar-refractivity contribution is -0.138. The summed E-state index contributed by atoms with van der Waals surface area (Å²) in [7, 11) is 0. The first-order valence-electron chi connectivity index (χ1n) is 3.54. The number of nitrogens with two attached hydrogens (primary N) is 1. The van der Waals surface area contributed by atoms with Gasteiger partial charge in [0.1, 0.15) is 6.04 Å². The van der Waals surface area contributed by atoms with Crippen LogP contribution in [-0.4, -0.2) is 28.9 Å². The van der Waals surface area contributed by atoms with Crippen molar-refractivity contribution in [3.05, 3.63) is 0 Å². The lowest BCUT2D eigenvalue weighted by Gasteiger charge is -2.04. The zero-order valence-corrected chi connectivity index (χ0v) is 6.29. The van der Waals surface area contributed by atoms with Gasteiger partial charge < -0.3 is 16.0 Å². The second-order valence-electron chi connectivity index (χ2n) is 2.35. The van der Waals surface area contributed by atoms with Crippen LogP contribution in [0.15, 0.2) is 0 Å². The zero-order valence-electron chi connectivity index (χ0n) is 6.29. The molecule has 11 heavy (non-hydrogen) atoms. The first-order chi connectivity index (χ1) is 5.18. The molecule has 0 spiro atoms. The van der Waals surface area contributed by atoms with Crippen LogP contribution in [0.2, 0.25) is 0 Å². The fraction of sp³-hybridized carbons (Fsp3) is 0.833. The number of carbonyl (C=O) groups is 1. The molecule has 5 N–H and O–H groups in total. The molecule has 0 saturated carbocycles. The fourth-order valence-electron chi connectivity index (χ4n) is 0.692. The third kappa shape index (κ3) is 5.78. The molecule has 0 heterocycles. The Labute approximate surface area is 65.2 Å². The highest BCUT2D eigenvalue weighted by Gasteiger charge is 2.09. The molecular formula is C6H14N2O3. The Hall–Kier alpha value is -0.650. The molecule has 1 atom stereocenters. The van der Waals surface area contributed by atoms with Crippen molar-refractivity contribution in [2.75, 3.05) is 6.54 Å². The van der Waals surface area contributed by atoms with Crippen molar-refractivity contribution >= 4 is 5.97 Å². The minimum absolute atomic E-state index is 0.455. The number of nitrogens with one attached hydrogen (secondary N) is 1. The van der Waals surface area contributed by atoms with E-state index in [2.05, 4.69) is 0 Å². The van der Waals surface area contributed by atoms with Gasteiger partial charge >= 0.3 is 5.97 Å². The summed E-state index contributed by atoms with van der Waals surface area (Å²) in [4.78, 5) is 10.2. The summed E-state index contributed by atoms with van der Waals surface area (Å²) in [5, 5.41) is 16.5. The Morgan fingerprint density at radius 1 is 1.55 bits per heavy atom. The van der Waals surface area contributed by atoms with E-state index in [1.54, 1.807) is 0 Å². The summed E-state index contributed by atoms with van der Waals surface area (Å²) in [6.45, 7) is 0.479. The molecule has 0 bridgehead atoms. The van der Waals surface area contributed by atoms with E-state index in [0.29, 0.717) is 19.4 Å². The molecule has 66 valence electrons. The maximum atomic E-state index is 10.2. The van der Waals surface area contributed by atoms with Gasteiger partial charge in [-0.15, -0.1) is 0 Å². The number of unbranched alkanes of at least 4 members (excludes halogenated alkanes) is 1. The Kier molecular flexibility index (Phi) is 5.73. The van der Waals surface area contributed by atoms with Gasteiger partial charge in [0.2, 0.25) is 0 Å². The van der Waals surface area contributed by atoms with Gasteiger partial charge in [-0.2, -0.15) is 0 Å². The normalized spacial score (nSPS) is 12.9. The summed E-state index contributed by atoms with van der Waals surface area (Å²) in [6, 6.07) is -0.770. The van der Waals surface area contributed by atoms with Crippen LogP contribution < -0.4 is 11.2 Å². The van der Waals surface area contributed by atoms with E-state index in [9.17, 15) is 4.79 Å². The lowest BCUT2D eigenvalue weighted by atomic mass is 10.1. The van der Waals surface area contributed by atoms with Crippen molar-refractivity contribution in [2.45, 2.75) is 25.3 Å². The monoisotopic (exact) mass is 162 g/mol. The largest absolute Gasteiger partial charge is 0.480 e. The number of carboxylic acids is 1. The quantitative estimate of drug-likeness (QED) is 0.313. The van der Waals surface area contributed by atoms with Gasteiger partial charge in [0, 0.05) is 6.54 Å². The first-order valence-corrected chi connectivity index (χ1v) is 3.54.